The molecule has 0 unspecified atom stereocenters. The Morgan fingerprint density at radius 1 is 0.800 bits per heavy atom. The van der Waals surface area contributed by atoms with E-state index in [2.05, 4.69) is 57.2 Å². The number of hydrogen-bond donors (Lipinski definition) is 0. The third-order valence-corrected chi connectivity index (χ3v) is 5.29. The molecule has 2 aromatic rings. The summed E-state index contributed by atoms with van der Waals surface area (Å²) in [6, 6.07) is 7.78. The molecule has 0 heterocycles. The highest BCUT2D eigenvalue weighted by Gasteiger charge is 2.20. The summed E-state index contributed by atoms with van der Waals surface area (Å²) in [6.07, 6.45) is 0. The normalized spacial score (nSPS) is 10.7. The van der Waals surface area contributed by atoms with Crippen molar-refractivity contribution in [1.82, 2.24) is 0 Å². The summed E-state index contributed by atoms with van der Waals surface area (Å²) in [5.41, 5.74) is 7.62. The summed E-state index contributed by atoms with van der Waals surface area (Å²) in [5, 5.41) is 0. The molecule has 0 radical (unpaired) electrons. The van der Waals surface area contributed by atoms with Gasteiger partial charge >= 0.3 is 0 Å². The van der Waals surface area contributed by atoms with E-state index in [9.17, 15) is 4.79 Å². The van der Waals surface area contributed by atoms with E-state index in [-0.39, 0.29) is 5.78 Å². The second-order valence-corrected chi connectivity index (χ2v) is 6.47. The molecule has 20 heavy (non-hydrogen) atoms. The second-order valence-electron chi connectivity index (χ2n) is 5.31. The van der Waals surface area contributed by atoms with Gasteiger partial charge in [-0.05, 0) is 97.2 Å². The van der Waals surface area contributed by atoms with Gasteiger partial charge in [0.05, 0.1) is 0 Å². The molecule has 0 bridgehead atoms. The predicted octanol–water partition coefficient (Wildman–Crippen LogP) is 5.06. The lowest BCUT2D eigenvalue weighted by Gasteiger charge is -2.18. The first-order chi connectivity index (χ1) is 9.36. The summed E-state index contributed by atoms with van der Waals surface area (Å²) < 4.78 is 1.00. The van der Waals surface area contributed by atoms with Gasteiger partial charge in [-0.25, -0.2) is 0 Å². The summed E-state index contributed by atoms with van der Waals surface area (Å²) in [7, 11) is 0. The number of rotatable bonds is 2. The first-order valence-corrected chi connectivity index (χ1v) is 7.80. The average Bonchev–Trinajstić information content (AvgIpc) is 2.43. The molecule has 0 spiro atoms. The van der Waals surface area contributed by atoms with Crippen molar-refractivity contribution < 1.29 is 4.79 Å². The van der Waals surface area contributed by atoms with Crippen molar-refractivity contribution >= 4 is 28.4 Å². The van der Waals surface area contributed by atoms with Crippen LogP contribution in [0.3, 0.4) is 0 Å². The molecule has 0 saturated heterocycles. The van der Waals surface area contributed by atoms with E-state index in [0.29, 0.717) is 0 Å². The number of hydrogen-bond acceptors (Lipinski definition) is 1. The fourth-order valence-corrected chi connectivity index (χ4v) is 3.25. The quantitative estimate of drug-likeness (QED) is 0.527. The molecule has 2 rings (SSSR count). The molecule has 0 aliphatic heterocycles. The van der Waals surface area contributed by atoms with Crippen molar-refractivity contribution in [2.75, 3.05) is 0 Å². The van der Waals surface area contributed by atoms with E-state index in [1.807, 2.05) is 24.3 Å². The molecular weight excluding hydrogens is 359 g/mol. The van der Waals surface area contributed by atoms with Gasteiger partial charge in [0.25, 0.3) is 0 Å². The van der Waals surface area contributed by atoms with Crippen LogP contribution >= 0.6 is 22.6 Å². The third kappa shape index (κ3) is 2.41. The molecule has 0 fully saturated rings. The Morgan fingerprint density at radius 3 is 1.75 bits per heavy atom. The van der Waals surface area contributed by atoms with E-state index < -0.39 is 0 Å². The standard InChI is InChI=1S/C18H19IO/c1-10-11(2)13(4)17(14(5)12(10)3)18(20)15-8-6-7-9-16(15)19/h6-9H,1-5H3. The van der Waals surface area contributed by atoms with Crippen molar-refractivity contribution in [3.05, 3.63) is 66.8 Å². The zero-order chi connectivity index (χ0) is 15.0. The Morgan fingerprint density at radius 2 is 1.25 bits per heavy atom. The molecule has 1 nitrogen and oxygen atoms in total. The fourth-order valence-electron chi connectivity index (χ4n) is 2.62. The minimum Gasteiger partial charge on any atom is -0.289 e. The summed E-state index contributed by atoms with van der Waals surface area (Å²) in [4.78, 5) is 12.9. The smallest absolute Gasteiger partial charge is 0.194 e. The molecule has 0 amide bonds. The molecule has 104 valence electrons. The van der Waals surface area contributed by atoms with Crippen LogP contribution in [-0.4, -0.2) is 5.78 Å². The molecule has 0 atom stereocenters. The first-order valence-electron chi connectivity index (χ1n) is 6.72. The summed E-state index contributed by atoms with van der Waals surface area (Å²) in [6.45, 7) is 10.4. The van der Waals surface area contributed by atoms with Crippen LogP contribution in [0.1, 0.15) is 43.7 Å². The maximum Gasteiger partial charge on any atom is 0.194 e. The lowest BCUT2D eigenvalue weighted by Crippen LogP contribution is -2.11. The number of ketones is 1. The maximum absolute atomic E-state index is 12.9. The number of benzene rings is 2. The van der Waals surface area contributed by atoms with Crippen molar-refractivity contribution in [2.45, 2.75) is 34.6 Å². The third-order valence-electron chi connectivity index (χ3n) is 4.35. The van der Waals surface area contributed by atoms with Crippen LogP contribution in [0.15, 0.2) is 24.3 Å². The number of halogens is 1. The Kier molecular flexibility index (Phi) is 4.33. The van der Waals surface area contributed by atoms with Gasteiger partial charge in [-0.2, -0.15) is 0 Å². The molecule has 2 heteroatoms. The van der Waals surface area contributed by atoms with Crippen LogP contribution in [0, 0.1) is 38.2 Å². The van der Waals surface area contributed by atoms with Gasteiger partial charge in [-0.3, -0.25) is 4.79 Å². The van der Waals surface area contributed by atoms with Gasteiger partial charge in [-0.1, -0.05) is 12.1 Å². The number of carbonyl (C=O) groups excluding carboxylic acids is 1. The average molecular weight is 378 g/mol. The van der Waals surface area contributed by atoms with Gasteiger partial charge in [0.15, 0.2) is 5.78 Å². The summed E-state index contributed by atoms with van der Waals surface area (Å²) >= 11 is 2.23. The zero-order valence-electron chi connectivity index (χ0n) is 12.6. The van der Waals surface area contributed by atoms with E-state index in [4.69, 9.17) is 0 Å². The van der Waals surface area contributed by atoms with Crippen LogP contribution in [0.4, 0.5) is 0 Å². The Hall–Kier alpha value is -1.16. The molecule has 0 N–H and O–H groups in total. The fraction of sp³-hybridized carbons (Fsp3) is 0.278. The van der Waals surface area contributed by atoms with Crippen LogP contribution in [0.5, 0.6) is 0 Å². The molecular formula is C18H19IO. The molecule has 0 aliphatic rings. The summed E-state index contributed by atoms with van der Waals surface area (Å²) in [5.74, 6) is 0.135. The highest BCUT2D eigenvalue weighted by molar-refractivity contribution is 14.1. The van der Waals surface area contributed by atoms with Crippen molar-refractivity contribution in [2.24, 2.45) is 0 Å². The lowest BCUT2D eigenvalue weighted by molar-refractivity contribution is 0.103. The molecule has 2 aromatic carbocycles. The minimum atomic E-state index is 0.135. The van der Waals surface area contributed by atoms with Crippen LogP contribution in [-0.2, 0) is 0 Å². The van der Waals surface area contributed by atoms with Crippen molar-refractivity contribution in [1.29, 1.82) is 0 Å². The van der Waals surface area contributed by atoms with Crippen LogP contribution in [0.2, 0.25) is 0 Å². The SMILES string of the molecule is Cc1c(C)c(C)c(C(=O)c2ccccc2I)c(C)c1C. The minimum absolute atomic E-state index is 0.135. The van der Waals surface area contributed by atoms with Crippen molar-refractivity contribution in [3.63, 3.8) is 0 Å². The van der Waals surface area contributed by atoms with E-state index in [1.165, 1.54) is 16.7 Å². The predicted molar refractivity (Wildman–Crippen MR) is 92.7 cm³/mol. The van der Waals surface area contributed by atoms with E-state index >= 15 is 0 Å². The lowest BCUT2D eigenvalue weighted by atomic mass is 9.86. The van der Waals surface area contributed by atoms with Gasteiger partial charge in [-0.15, -0.1) is 0 Å². The van der Waals surface area contributed by atoms with Gasteiger partial charge in [0.2, 0.25) is 0 Å². The van der Waals surface area contributed by atoms with E-state index in [1.54, 1.807) is 0 Å². The Balaban J connectivity index is 2.71. The zero-order valence-corrected chi connectivity index (χ0v) is 14.8. The Labute approximate surface area is 134 Å². The van der Waals surface area contributed by atoms with Crippen LogP contribution < -0.4 is 0 Å². The topological polar surface area (TPSA) is 17.1 Å². The highest BCUT2D eigenvalue weighted by Crippen LogP contribution is 2.28. The number of carbonyl (C=O) groups is 1. The molecule has 0 aromatic heterocycles. The maximum atomic E-state index is 12.9. The second kappa shape index (κ2) is 5.68. The molecule has 0 aliphatic carbocycles. The van der Waals surface area contributed by atoms with Gasteiger partial charge in [0, 0.05) is 14.7 Å². The first kappa shape index (κ1) is 15.2. The monoisotopic (exact) mass is 378 g/mol. The Bertz CT molecular complexity index is 670. The van der Waals surface area contributed by atoms with Crippen molar-refractivity contribution in [3.8, 4) is 0 Å². The van der Waals surface area contributed by atoms with E-state index in [0.717, 1.165) is 25.8 Å². The largest absolute Gasteiger partial charge is 0.289 e. The van der Waals surface area contributed by atoms with Crippen LogP contribution in [0.25, 0.3) is 0 Å². The highest BCUT2D eigenvalue weighted by atomic mass is 127. The molecule has 0 saturated carbocycles. The van der Waals surface area contributed by atoms with Gasteiger partial charge < -0.3 is 0 Å². The van der Waals surface area contributed by atoms with Gasteiger partial charge in [0.1, 0.15) is 0 Å².